The van der Waals surface area contributed by atoms with Gasteiger partial charge in [-0.25, -0.2) is 9.50 Å². The van der Waals surface area contributed by atoms with Crippen molar-refractivity contribution in [1.29, 1.82) is 0 Å². The van der Waals surface area contributed by atoms with Gasteiger partial charge in [0.15, 0.2) is 0 Å². The second-order valence-electron chi connectivity index (χ2n) is 4.13. The fraction of sp³-hybridized carbons (Fsp3) is 0.167. The van der Waals surface area contributed by atoms with Crippen molar-refractivity contribution in [2.45, 2.75) is 6.42 Å². The van der Waals surface area contributed by atoms with Gasteiger partial charge in [0.05, 0.1) is 11.3 Å². The van der Waals surface area contributed by atoms with Gasteiger partial charge in [-0.15, -0.1) is 11.3 Å². The highest BCUT2D eigenvalue weighted by Gasteiger charge is 2.07. The van der Waals surface area contributed by atoms with Crippen LogP contribution >= 0.6 is 11.3 Å². The van der Waals surface area contributed by atoms with Crippen LogP contribution in [0.2, 0.25) is 0 Å². The molecule has 0 aliphatic heterocycles. The summed E-state index contributed by atoms with van der Waals surface area (Å²) in [5.41, 5.74) is 1.21. The molecule has 0 atom stereocenters. The first-order chi connectivity index (χ1) is 9.74. The zero-order valence-corrected chi connectivity index (χ0v) is 11.2. The van der Waals surface area contributed by atoms with Gasteiger partial charge in [-0.3, -0.25) is 9.59 Å². The lowest BCUT2D eigenvalue weighted by Crippen LogP contribution is -2.26. The van der Waals surface area contributed by atoms with Gasteiger partial charge in [0, 0.05) is 30.6 Å². The zero-order chi connectivity index (χ0) is 13.9. The second-order valence-corrected chi connectivity index (χ2v) is 4.97. The molecule has 0 radical (unpaired) electrons. The van der Waals surface area contributed by atoms with E-state index >= 15 is 0 Å². The largest absolute Gasteiger partial charge is 0.352 e. The molecule has 0 bridgehead atoms. The number of rotatable bonds is 4. The van der Waals surface area contributed by atoms with E-state index in [1.807, 2.05) is 5.38 Å². The molecule has 0 aliphatic carbocycles. The van der Waals surface area contributed by atoms with Gasteiger partial charge in [0.2, 0.25) is 10.5 Å². The Hall–Kier alpha value is -2.48. The third-order valence-corrected chi connectivity index (χ3v) is 3.68. The molecule has 3 aromatic rings. The second kappa shape index (κ2) is 5.25. The summed E-state index contributed by atoms with van der Waals surface area (Å²) in [5, 5.41) is 8.88. The molecule has 3 rings (SSSR count). The Morgan fingerprint density at radius 1 is 1.45 bits per heavy atom. The number of amides is 1. The molecule has 0 unspecified atom stereocenters. The third kappa shape index (κ3) is 2.45. The molecule has 0 saturated carbocycles. The van der Waals surface area contributed by atoms with E-state index < -0.39 is 0 Å². The minimum absolute atomic E-state index is 0.216. The first-order valence-electron chi connectivity index (χ1n) is 5.97. The number of H-pyrrole nitrogens is 1. The molecule has 20 heavy (non-hydrogen) atoms. The van der Waals surface area contributed by atoms with Crippen LogP contribution in [0.5, 0.6) is 0 Å². The average molecular weight is 289 g/mol. The van der Waals surface area contributed by atoms with E-state index in [-0.39, 0.29) is 11.5 Å². The minimum Gasteiger partial charge on any atom is -0.352 e. The summed E-state index contributed by atoms with van der Waals surface area (Å²) in [6.45, 7) is 0.490. The Kier molecular flexibility index (Phi) is 3.30. The summed E-state index contributed by atoms with van der Waals surface area (Å²) in [6, 6.07) is 2.82. The van der Waals surface area contributed by atoms with Crippen molar-refractivity contribution in [3.63, 3.8) is 0 Å². The lowest BCUT2D eigenvalue weighted by molar-refractivity contribution is 0.0953. The Morgan fingerprint density at radius 3 is 3.15 bits per heavy atom. The summed E-state index contributed by atoms with van der Waals surface area (Å²) < 4.78 is 1.76. The molecule has 102 valence electrons. The third-order valence-electron chi connectivity index (χ3n) is 2.80. The van der Waals surface area contributed by atoms with Crippen LogP contribution in [0.15, 0.2) is 34.8 Å². The number of hydrogen-bond acceptors (Lipinski definition) is 5. The fourth-order valence-corrected chi connectivity index (χ4v) is 2.63. The van der Waals surface area contributed by atoms with Crippen LogP contribution in [0.25, 0.3) is 4.96 Å². The summed E-state index contributed by atoms with van der Waals surface area (Å²) in [6.07, 6.45) is 3.57. The van der Waals surface area contributed by atoms with Crippen molar-refractivity contribution in [1.82, 2.24) is 24.9 Å². The molecule has 0 aliphatic rings. The Bertz CT molecular complexity index is 783. The van der Waals surface area contributed by atoms with E-state index in [1.54, 1.807) is 4.52 Å². The quantitative estimate of drug-likeness (QED) is 0.729. The van der Waals surface area contributed by atoms with Crippen LogP contribution in [-0.4, -0.2) is 32.0 Å². The highest BCUT2D eigenvalue weighted by Crippen LogP contribution is 2.12. The van der Waals surface area contributed by atoms with Gasteiger partial charge in [-0.1, -0.05) is 0 Å². The van der Waals surface area contributed by atoms with Gasteiger partial charge in [-0.05, 0) is 6.07 Å². The smallest absolute Gasteiger partial charge is 0.252 e. The molecule has 0 spiro atoms. The van der Waals surface area contributed by atoms with Gasteiger partial charge in [0.1, 0.15) is 6.33 Å². The zero-order valence-electron chi connectivity index (χ0n) is 10.4. The number of hydrogen-bond donors (Lipinski definition) is 2. The van der Waals surface area contributed by atoms with Crippen LogP contribution in [0.3, 0.4) is 0 Å². The monoisotopic (exact) mass is 289 g/mol. The number of fused-ring (bicyclic) bond motifs is 1. The van der Waals surface area contributed by atoms with E-state index in [1.165, 1.54) is 36.0 Å². The summed E-state index contributed by atoms with van der Waals surface area (Å²) >= 11 is 1.51. The first kappa shape index (κ1) is 12.5. The first-order valence-corrected chi connectivity index (χ1v) is 6.85. The maximum Gasteiger partial charge on any atom is 0.252 e. The standard InChI is InChI=1S/C12H11N5O2S/c18-10-2-1-8(5-14-10)11(19)13-4-3-9-6-20-12-15-7-16-17(9)12/h1-2,5-7H,3-4H2,(H,13,19)(H,14,18). The molecular formula is C12H11N5O2S. The van der Waals surface area contributed by atoms with Crippen molar-refractivity contribution < 1.29 is 4.79 Å². The maximum atomic E-state index is 11.8. The van der Waals surface area contributed by atoms with E-state index in [0.29, 0.717) is 18.5 Å². The number of pyridine rings is 1. The molecule has 3 aromatic heterocycles. The SMILES string of the molecule is O=C(NCCc1csc2ncnn12)c1ccc(=O)[nH]c1. The molecule has 8 heteroatoms. The topological polar surface area (TPSA) is 92.2 Å². The van der Waals surface area contributed by atoms with E-state index in [4.69, 9.17) is 0 Å². The summed E-state index contributed by atoms with van der Waals surface area (Å²) in [7, 11) is 0. The van der Waals surface area contributed by atoms with Crippen molar-refractivity contribution in [2.24, 2.45) is 0 Å². The van der Waals surface area contributed by atoms with Gasteiger partial charge in [0.25, 0.3) is 5.91 Å². The molecule has 2 N–H and O–H groups in total. The molecule has 0 saturated heterocycles. The molecule has 7 nitrogen and oxygen atoms in total. The Morgan fingerprint density at radius 2 is 2.35 bits per heavy atom. The highest BCUT2D eigenvalue weighted by molar-refractivity contribution is 7.15. The number of aromatic nitrogens is 4. The highest BCUT2D eigenvalue weighted by atomic mass is 32.1. The van der Waals surface area contributed by atoms with Crippen molar-refractivity contribution in [2.75, 3.05) is 6.54 Å². The van der Waals surface area contributed by atoms with E-state index in [9.17, 15) is 9.59 Å². The average Bonchev–Trinajstić information content (AvgIpc) is 3.04. The lowest BCUT2D eigenvalue weighted by atomic mass is 10.2. The molecule has 1 amide bonds. The van der Waals surface area contributed by atoms with Crippen molar-refractivity contribution >= 4 is 22.2 Å². The normalized spacial score (nSPS) is 10.8. The number of aromatic amines is 1. The fourth-order valence-electron chi connectivity index (χ4n) is 1.80. The molecule has 0 aromatic carbocycles. The minimum atomic E-state index is -0.228. The number of carbonyl (C=O) groups is 1. The number of carbonyl (C=O) groups excluding carboxylic acids is 1. The Balaban J connectivity index is 1.60. The molecule has 3 heterocycles. The van der Waals surface area contributed by atoms with E-state index in [0.717, 1.165) is 10.7 Å². The summed E-state index contributed by atoms with van der Waals surface area (Å²) in [5.74, 6) is -0.216. The van der Waals surface area contributed by atoms with Crippen LogP contribution in [0.1, 0.15) is 16.1 Å². The van der Waals surface area contributed by atoms with Crippen molar-refractivity contribution in [3.8, 4) is 0 Å². The number of thiazole rings is 1. The molecule has 0 fully saturated rings. The van der Waals surface area contributed by atoms with Crippen LogP contribution in [-0.2, 0) is 6.42 Å². The van der Waals surface area contributed by atoms with Crippen LogP contribution in [0, 0.1) is 0 Å². The van der Waals surface area contributed by atoms with Gasteiger partial charge in [-0.2, -0.15) is 5.10 Å². The predicted octanol–water partition coefficient (Wildman–Crippen LogP) is 0.452. The summed E-state index contributed by atoms with van der Waals surface area (Å²) in [4.78, 5) is 30.1. The molecular weight excluding hydrogens is 278 g/mol. The number of nitrogens with zero attached hydrogens (tertiary/aromatic N) is 3. The van der Waals surface area contributed by atoms with Gasteiger partial charge < -0.3 is 10.3 Å². The predicted molar refractivity (Wildman–Crippen MR) is 74.0 cm³/mol. The van der Waals surface area contributed by atoms with Crippen molar-refractivity contribution in [3.05, 3.63) is 51.6 Å². The van der Waals surface area contributed by atoms with Gasteiger partial charge >= 0.3 is 0 Å². The Labute approximate surface area is 117 Å². The maximum absolute atomic E-state index is 11.8. The van der Waals surface area contributed by atoms with Crippen LogP contribution in [0.4, 0.5) is 0 Å². The van der Waals surface area contributed by atoms with Crippen LogP contribution < -0.4 is 10.9 Å². The number of nitrogens with one attached hydrogen (secondary N) is 2. The lowest BCUT2D eigenvalue weighted by Gasteiger charge is -2.04. The van der Waals surface area contributed by atoms with E-state index in [2.05, 4.69) is 20.4 Å².